The molecule has 3 rings (SSSR count). The molecule has 0 fully saturated rings. The van der Waals surface area contributed by atoms with E-state index in [2.05, 4.69) is 22.7 Å². The van der Waals surface area contributed by atoms with Gasteiger partial charge in [-0.25, -0.2) is 5.43 Å². The van der Waals surface area contributed by atoms with Crippen molar-refractivity contribution < 1.29 is 4.79 Å². The minimum atomic E-state index is -0.188. The number of nitrogens with zero attached hydrogens (tertiary/aromatic N) is 1. The standard InChI is InChI=1S/C18H14N2OS/c21-18(17-7-4-12-22-17)20-19-13-14-8-10-16(11-9-14)15-5-2-1-3-6-15/h1-13H,(H,20,21)/b19-13-. The maximum absolute atomic E-state index is 11.7. The van der Waals surface area contributed by atoms with Crippen LogP contribution in [0.1, 0.15) is 15.2 Å². The second-order valence-corrected chi connectivity index (χ2v) is 5.61. The largest absolute Gasteiger partial charge is 0.281 e. The lowest BCUT2D eigenvalue weighted by molar-refractivity contribution is 0.0959. The van der Waals surface area contributed by atoms with E-state index in [1.165, 1.54) is 16.9 Å². The summed E-state index contributed by atoms with van der Waals surface area (Å²) in [4.78, 5) is 12.4. The summed E-state index contributed by atoms with van der Waals surface area (Å²) in [5.74, 6) is -0.188. The van der Waals surface area contributed by atoms with Crippen LogP contribution in [0.3, 0.4) is 0 Å². The molecular formula is C18H14N2OS. The monoisotopic (exact) mass is 306 g/mol. The predicted octanol–water partition coefficient (Wildman–Crippen LogP) is 4.18. The Kier molecular flexibility index (Phi) is 4.41. The molecule has 3 aromatic rings. The summed E-state index contributed by atoms with van der Waals surface area (Å²) < 4.78 is 0. The first-order valence-corrected chi connectivity index (χ1v) is 7.73. The maximum atomic E-state index is 11.7. The third kappa shape index (κ3) is 3.48. The second-order valence-electron chi connectivity index (χ2n) is 4.66. The summed E-state index contributed by atoms with van der Waals surface area (Å²) in [7, 11) is 0. The molecule has 2 aromatic carbocycles. The van der Waals surface area contributed by atoms with E-state index in [9.17, 15) is 4.79 Å². The SMILES string of the molecule is O=C(N/N=C\c1ccc(-c2ccccc2)cc1)c1cccs1. The molecule has 4 heteroatoms. The van der Waals surface area contributed by atoms with E-state index >= 15 is 0 Å². The van der Waals surface area contributed by atoms with Crippen LogP contribution in [0, 0.1) is 0 Å². The van der Waals surface area contributed by atoms with E-state index in [0.717, 1.165) is 11.1 Å². The van der Waals surface area contributed by atoms with Gasteiger partial charge < -0.3 is 0 Å². The fourth-order valence-electron chi connectivity index (χ4n) is 2.02. The molecule has 1 amide bonds. The number of nitrogens with one attached hydrogen (secondary N) is 1. The van der Waals surface area contributed by atoms with Crippen molar-refractivity contribution >= 4 is 23.5 Å². The molecule has 1 aromatic heterocycles. The van der Waals surface area contributed by atoms with Crippen molar-refractivity contribution in [3.63, 3.8) is 0 Å². The van der Waals surface area contributed by atoms with Crippen molar-refractivity contribution in [2.24, 2.45) is 5.10 Å². The van der Waals surface area contributed by atoms with Gasteiger partial charge in [-0.1, -0.05) is 60.7 Å². The number of hydrogen-bond donors (Lipinski definition) is 1. The van der Waals surface area contributed by atoms with Gasteiger partial charge in [0.1, 0.15) is 0 Å². The quantitative estimate of drug-likeness (QED) is 0.570. The van der Waals surface area contributed by atoms with Crippen LogP contribution in [0.15, 0.2) is 77.2 Å². The fraction of sp³-hybridized carbons (Fsp3) is 0. The highest BCUT2D eigenvalue weighted by Gasteiger charge is 2.03. The first kappa shape index (κ1) is 14.2. The van der Waals surface area contributed by atoms with E-state index in [4.69, 9.17) is 0 Å². The Hall–Kier alpha value is -2.72. The Morgan fingerprint density at radius 3 is 2.32 bits per heavy atom. The predicted molar refractivity (Wildman–Crippen MR) is 91.3 cm³/mol. The van der Waals surface area contributed by atoms with Gasteiger partial charge in [-0.15, -0.1) is 11.3 Å². The number of hydrogen-bond acceptors (Lipinski definition) is 3. The first-order valence-electron chi connectivity index (χ1n) is 6.85. The van der Waals surface area contributed by atoms with Crippen LogP contribution in [-0.2, 0) is 0 Å². The van der Waals surface area contributed by atoms with Gasteiger partial charge in [0, 0.05) is 0 Å². The minimum Gasteiger partial charge on any atom is -0.266 e. The van der Waals surface area contributed by atoms with Crippen molar-refractivity contribution in [1.29, 1.82) is 0 Å². The van der Waals surface area contributed by atoms with Gasteiger partial charge in [-0.3, -0.25) is 4.79 Å². The maximum Gasteiger partial charge on any atom is 0.281 e. The lowest BCUT2D eigenvalue weighted by Crippen LogP contribution is -2.16. The Balaban J connectivity index is 1.64. The highest BCUT2D eigenvalue weighted by molar-refractivity contribution is 7.12. The van der Waals surface area contributed by atoms with Crippen LogP contribution in [0.25, 0.3) is 11.1 Å². The molecule has 0 aliphatic carbocycles. The molecule has 1 N–H and O–H groups in total. The van der Waals surface area contributed by atoms with Crippen LogP contribution < -0.4 is 5.43 Å². The molecule has 0 aliphatic rings. The van der Waals surface area contributed by atoms with Gasteiger partial charge >= 0.3 is 0 Å². The summed E-state index contributed by atoms with van der Waals surface area (Å²) in [6.07, 6.45) is 1.64. The third-order valence-corrected chi connectivity index (χ3v) is 4.01. The number of amides is 1. The zero-order valence-corrected chi connectivity index (χ0v) is 12.6. The number of rotatable bonds is 4. The van der Waals surface area contributed by atoms with Gasteiger partial charge in [0.25, 0.3) is 5.91 Å². The Labute approximate surface area is 132 Å². The molecule has 0 bridgehead atoms. The molecule has 1 heterocycles. The van der Waals surface area contributed by atoms with Crippen LogP contribution in [0.5, 0.6) is 0 Å². The van der Waals surface area contributed by atoms with E-state index in [1.54, 1.807) is 12.3 Å². The van der Waals surface area contributed by atoms with E-state index in [-0.39, 0.29) is 5.91 Å². The molecule has 22 heavy (non-hydrogen) atoms. The highest BCUT2D eigenvalue weighted by Crippen LogP contribution is 2.18. The van der Waals surface area contributed by atoms with Crippen LogP contribution in [0.4, 0.5) is 0 Å². The summed E-state index contributed by atoms with van der Waals surface area (Å²) in [5, 5.41) is 5.84. The topological polar surface area (TPSA) is 41.5 Å². The lowest BCUT2D eigenvalue weighted by atomic mass is 10.0. The third-order valence-electron chi connectivity index (χ3n) is 3.14. The number of thiophene rings is 1. The molecule has 0 aliphatic heterocycles. The van der Waals surface area contributed by atoms with E-state index in [0.29, 0.717) is 4.88 Å². The number of carbonyl (C=O) groups is 1. The van der Waals surface area contributed by atoms with Crippen LogP contribution in [-0.4, -0.2) is 12.1 Å². The molecule has 0 spiro atoms. The molecule has 108 valence electrons. The highest BCUT2D eigenvalue weighted by atomic mass is 32.1. The zero-order chi connectivity index (χ0) is 15.2. The number of benzene rings is 2. The van der Waals surface area contributed by atoms with Crippen molar-refractivity contribution in [2.75, 3.05) is 0 Å². The number of carbonyl (C=O) groups excluding carboxylic acids is 1. The van der Waals surface area contributed by atoms with Crippen molar-refractivity contribution in [3.05, 3.63) is 82.6 Å². The first-order chi connectivity index (χ1) is 10.8. The number of hydrazone groups is 1. The van der Waals surface area contributed by atoms with E-state index < -0.39 is 0 Å². The Morgan fingerprint density at radius 1 is 0.909 bits per heavy atom. The molecule has 0 unspecified atom stereocenters. The zero-order valence-electron chi connectivity index (χ0n) is 11.8. The average molecular weight is 306 g/mol. The average Bonchev–Trinajstić information content (AvgIpc) is 3.11. The summed E-state index contributed by atoms with van der Waals surface area (Å²) in [6.45, 7) is 0. The molecular weight excluding hydrogens is 292 g/mol. The van der Waals surface area contributed by atoms with Crippen LogP contribution >= 0.6 is 11.3 Å². The summed E-state index contributed by atoms with van der Waals surface area (Å²) in [5.41, 5.74) is 5.79. The molecule has 0 saturated heterocycles. The lowest BCUT2D eigenvalue weighted by Gasteiger charge is -2.01. The smallest absolute Gasteiger partial charge is 0.266 e. The normalized spacial score (nSPS) is 10.7. The molecule has 3 nitrogen and oxygen atoms in total. The van der Waals surface area contributed by atoms with Crippen LogP contribution in [0.2, 0.25) is 0 Å². The molecule has 0 atom stereocenters. The van der Waals surface area contributed by atoms with Gasteiger partial charge in [0.15, 0.2) is 0 Å². The van der Waals surface area contributed by atoms with Gasteiger partial charge in [-0.05, 0) is 28.1 Å². The molecule has 0 radical (unpaired) electrons. The van der Waals surface area contributed by atoms with Crippen molar-refractivity contribution in [1.82, 2.24) is 5.43 Å². The molecule has 0 saturated carbocycles. The van der Waals surface area contributed by atoms with Gasteiger partial charge in [0.05, 0.1) is 11.1 Å². The minimum absolute atomic E-state index is 0.188. The van der Waals surface area contributed by atoms with E-state index in [1.807, 2.05) is 53.9 Å². The van der Waals surface area contributed by atoms with Crippen molar-refractivity contribution in [3.8, 4) is 11.1 Å². The second kappa shape index (κ2) is 6.83. The summed E-state index contributed by atoms with van der Waals surface area (Å²) >= 11 is 1.39. The van der Waals surface area contributed by atoms with Gasteiger partial charge in [-0.2, -0.15) is 5.10 Å². The summed E-state index contributed by atoms with van der Waals surface area (Å²) in [6, 6.07) is 21.8. The Morgan fingerprint density at radius 2 is 1.64 bits per heavy atom. The fourth-order valence-corrected chi connectivity index (χ4v) is 2.63. The van der Waals surface area contributed by atoms with Crippen molar-refractivity contribution in [2.45, 2.75) is 0 Å². The Bertz CT molecular complexity index is 763. The van der Waals surface area contributed by atoms with Gasteiger partial charge in [0.2, 0.25) is 0 Å².